The number of fused-ring (bicyclic) bond motifs is 1. The van der Waals surface area contributed by atoms with Gasteiger partial charge in [-0.1, -0.05) is 24.3 Å². The molecule has 1 unspecified atom stereocenters. The van der Waals surface area contributed by atoms with Crippen LogP contribution in [0.2, 0.25) is 0 Å². The van der Waals surface area contributed by atoms with Gasteiger partial charge in [0.2, 0.25) is 10.0 Å². The van der Waals surface area contributed by atoms with Crippen molar-refractivity contribution in [2.75, 3.05) is 32.1 Å². The number of aryl methyl sites for hydroxylation is 1. The molecule has 8 heteroatoms. The van der Waals surface area contributed by atoms with Gasteiger partial charge < -0.3 is 10.1 Å². The molecule has 0 aromatic heterocycles. The van der Waals surface area contributed by atoms with Gasteiger partial charge in [0.25, 0.3) is 5.91 Å². The van der Waals surface area contributed by atoms with Gasteiger partial charge in [0.05, 0.1) is 24.2 Å². The quantitative estimate of drug-likeness (QED) is 0.804. The molecule has 0 saturated carbocycles. The molecule has 2 heterocycles. The molecule has 0 radical (unpaired) electrons. The molecule has 2 aromatic carbocycles. The summed E-state index contributed by atoms with van der Waals surface area (Å²) in [7, 11) is -3.65. The molecule has 0 aliphatic carbocycles. The zero-order valence-electron chi connectivity index (χ0n) is 16.3. The van der Waals surface area contributed by atoms with Gasteiger partial charge in [-0.2, -0.15) is 4.31 Å². The van der Waals surface area contributed by atoms with E-state index in [1.165, 1.54) is 15.3 Å². The van der Waals surface area contributed by atoms with Crippen LogP contribution in [0.4, 0.5) is 0 Å². The number of hydrogen-bond acceptors (Lipinski definition) is 5. The average Bonchev–Trinajstić information content (AvgIpc) is 2.75. The lowest BCUT2D eigenvalue weighted by molar-refractivity contribution is 0.0730. The molecule has 2 aliphatic rings. The van der Waals surface area contributed by atoms with Crippen molar-refractivity contribution in [1.82, 2.24) is 9.62 Å². The fraction of sp³-hybridized carbons (Fsp3) is 0.381. The smallest absolute Gasteiger partial charge is 0.252 e. The van der Waals surface area contributed by atoms with E-state index < -0.39 is 10.0 Å². The number of nitrogens with one attached hydrogen (secondary N) is 1. The predicted octanol–water partition coefficient (Wildman–Crippen LogP) is 2.98. The minimum Gasteiger partial charge on any atom is -0.379 e. The van der Waals surface area contributed by atoms with Crippen molar-refractivity contribution in [3.8, 4) is 0 Å². The van der Waals surface area contributed by atoms with Gasteiger partial charge in [-0.25, -0.2) is 8.42 Å². The lowest BCUT2D eigenvalue weighted by Gasteiger charge is -2.27. The van der Waals surface area contributed by atoms with Crippen molar-refractivity contribution in [2.24, 2.45) is 0 Å². The Morgan fingerprint density at radius 3 is 2.72 bits per heavy atom. The van der Waals surface area contributed by atoms with Crippen LogP contribution in [-0.4, -0.2) is 50.7 Å². The van der Waals surface area contributed by atoms with Gasteiger partial charge >= 0.3 is 0 Å². The first-order valence-electron chi connectivity index (χ1n) is 9.68. The highest BCUT2D eigenvalue weighted by molar-refractivity contribution is 7.99. The van der Waals surface area contributed by atoms with E-state index in [0.717, 1.165) is 23.3 Å². The third-order valence-corrected chi connectivity index (χ3v) is 8.34. The second-order valence-electron chi connectivity index (χ2n) is 7.19. The van der Waals surface area contributed by atoms with E-state index in [-0.39, 0.29) is 16.8 Å². The summed E-state index contributed by atoms with van der Waals surface area (Å²) in [6.45, 7) is 3.25. The van der Waals surface area contributed by atoms with Crippen LogP contribution in [0, 0.1) is 6.92 Å². The zero-order valence-corrected chi connectivity index (χ0v) is 17.9. The van der Waals surface area contributed by atoms with E-state index >= 15 is 0 Å². The van der Waals surface area contributed by atoms with Crippen molar-refractivity contribution in [3.63, 3.8) is 0 Å². The zero-order chi connectivity index (χ0) is 20.4. The van der Waals surface area contributed by atoms with E-state index in [1.807, 2.05) is 25.1 Å². The molecule has 1 atom stereocenters. The topological polar surface area (TPSA) is 75.7 Å². The Kier molecular flexibility index (Phi) is 5.96. The van der Waals surface area contributed by atoms with Crippen LogP contribution in [0.25, 0.3) is 0 Å². The highest BCUT2D eigenvalue weighted by Crippen LogP contribution is 2.36. The van der Waals surface area contributed by atoms with Crippen molar-refractivity contribution < 1.29 is 17.9 Å². The summed E-state index contributed by atoms with van der Waals surface area (Å²) < 4.78 is 32.6. The van der Waals surface area contributed by atoms with Gasteiger partial charge in [0.1, 0.15) is 0 Å². The number of hydrogen-bond donors (Lipinski definition) is 1. The summed E-state index contributed by atoms with van der Waals surface area (Å²) in [5.74, 6) is 0.695. The van der Waals surface area contributed by atoms with E-state index in [9.17, 15) is 13.2 Å². The highest BCUT2D eigenvalue weighted by atomic mass is 32.2. The van der Waals surface area contributed by atoms with Gasteiger partial charge in [-0.3, -0.25) is 4.79 Å². The maximum Gasteiger partial charge on any atom is 0.252 e. The molecular formula is C21H24N2O4S2. The molecule has 2 aromatic rings. The largest absolute Gasteiger partial charge is 0.379 e. The number of rotatable bonds is 4. The number of amides is 1. The maximum atomic E-state index is 13.1. The molecule has 154 valence electrons. The number of morpholine rings is 1. The standard InChI is InChI=1S/C21H24N2O4S2/c1-15-6-7-16(29(25,26)23-9-11-27-12-10-23)14-18(15)21(24)22-19-8-13-28-20-5-3-2-4-17(19)20/h2-7,14,19H,8-13H2,1H3,(H,22,24). The minimum absolute atomic E-state index is 0.0705. The van der Waals surface area contributed by atoms with Gasteiger partial charge in [0, 0.05) is 29.3 Å². The van der Waals surface area contributed by atoms with E-state index in [0.29, 0.717) is 31.9 Å². The molecule has 29 heavy (non-hydrogen) atoms. The van der Waals surface area contributed by atoms with Crippen molar-refractivity contribution >= 4 is 27.7 Å². The Bertz CT molecular complexity index is 1020. The van der Waals surface area contributed by atoms with Crippen LogP contribution >= 0.6 is 11.8 Å². The van der Waals surface area contributed by atoms with Crippen molar-refractivity contribution in [3.05, 3.63) is 59.2 Å². The summed E-state index contributed by atoms with van der Waals surface area (Å²) >= 11 is 1.79. The number of nitrogens with zero attached hydrogens (tertiary/aromatic N) is 1. The third-order valence-electron chi connectivity index (χ3n) is 5.33. The number of thioether (sulfide) groups is 1. The lowest BCUT2D eigenvalue weighted by Crippen LogP contribution is -2.40. The van der Waals surface area contributed by atoms with Gasteiger partial charge in [0.15, 0.2) is 0 Å². The second-order valence-corrected chi connectivity index (χ2v) is 10.3. The molecule has 1 fully saturated rings. The van der Waals surface area contributed by atoms with E-state index in [4.69, 9.17) is 4.74 Å². The normalized spacial score (nSPS) is 20.1. The summed E-state index contributed by atoms with van der Waals surface area (Å²) in [4.78, 5) is 14.4. The molecule has 4 rings (SSSR count). The van der Waals surface area contributed by atoms with E-state index in [1.54, 1.807) is 23.9 Å². The minimum atomic E-state index is -3.65. The first kappa shape index (κ1) is 20.4. The molecule has 1 saturated heterocycles. The number of benzene rings is 2. The average molecular weight is 433 g/mol. The Morgan fingerprint density at radius 2 is 1.93 bits per heavy atom. The summed E-state index contributed by atoms with van der Waals surface area (Å²) in [5.41, 5.74) is 2.27. The third kappa shape index (κ3) is 4.21. The lowest BCUT2D eigenvalue weighted by atomic mass is 10.0. The van der Waals surface area contributed by atoms with Crippen LogP contribution in [-0.2, 0) is 14.8 Å². The maximum absolute atomic E-state index is 13.1. The Labute approximate surface area is 175 Å². The van der Waals surface area contributed by atoms with Gasteiger partial charge in [-0.05, 0) is 42.7 Å². The Balaban J connectivity index is 1.59. The van der Waals surface area contributed by atoms with Crippen LogP contribution in [0.15, 0.2) is 52.3 Å². The summed E-state index contributed by atoms with van der Waals surface area (Å²) in [6.07, 6.45) is 0.845. The van der Waals surface area contributed by atoms with Crippen molar-refractivity contribution in [2.45, 2.75) is 29.2 Å². The first-order valence-corrected chi connectivity index (χ1v) is 12.1. The molecule has 6 nitrogen and oxygen atoms in total. The van der Waals surface area contributed by atoms with Gasteiger partial charge in [-0.15, -0.1) is 11.8 Å². The monoisotopic (exact) mass is 432 g/mol. The van der Waals surface area contributed by atoms with Crippen LogP contribution < -0.4 is 5.32 Å². The number of carbonyl (C=O) groups excluding carboxylic acids is 1. The summed E-state index contributed by atoms with van der Waals surface area (Å²) in [6, 6.07) is 12.8. The molecule has 0 spiro atoms. The van der Waals surface area contributed by atoms with Crippen LogP contribution in [0.5, 0.6) is 0 Å². The SMILES string of the molecule is Cc1ccc(S(=O)(=O)N2CCOCC2)cc1C(=O)NC1CCSc2ccccc21. The number of ether oxygens (including phenoxy) is 1. The first-order chi connectivity index (χ1) is 14.0. The Morgan fingerprint density at radius 1 is 1.17 bits per heavy atom. The molecule has 2 aliphatic heterocycles. The molecule has 1 amide bonds. The number of sulfonamides is 1. The second kappa shape index (κ2) is 8.47. The number of carbonyl (C=O) groups is 1. The molecular weight excluding hydrogens is 408 g/mol. The fourth-order valence-electron chi connectivity index (χ4n) is 3.67. The highest BCUT2D eigenvalue weighted by Gasteiger charge is 2.28. The fourth-order valence-corrected chi connectivity index (χ4v) is 6.23. The van der Waals surface area contributed by atoms with Crippen LogP contribution in [0.3, 0.4) is 0 Å². The van der Waals surface area contributed by atoms with Crippen molar-refractivity contribution in [1.29, 1.82) is 0 Å². The van der Waals surface area contributed by atoms with E-state index in [2.05, 4.69) is 11.4 Å². The van der Waals surface area contributed by atoms with Crippen LogP contribution in [0.1, 0.15) is 33.9 Å². The molecule has 1 N–H and O–H groups in total. The summed E-state index contributed by atoms with van der Waals surface area (Å²) in [5, 5.41) is 3.11. The Hall–Kier alpha value is -1.87. The predicted molar refractivity (Wildman–Crippen MR) is 113 cm³/mol. The molecule has 0 bridgehead atoms.